The van der Waals surface area contributed by atoms with E-state index in [9.17, 15) is 0 Å². The third-order valence-corrected chi connectivity index (χ3v) is 3.63. The third-order valence-electron chi connectivity index (χ3n) is 3.63. The van der Waals surface area contributed by atoms with Gasteiger partial charge in [0.15, 0.2) is 0 Å². The number of nitrogens with zero attached hydrogens (tertiary/aromatic N) is 1. The summed E-state index contributed by atoms with van der Waals surface area (Å²) in [5, 5.41) is 0. The summed E-state index contributed by atoms with van der Waals surface area (Å²) in [4.78, 5) is 4.03. The molecule has 2 atom stereocenters. The van der Waals surface area contributed by atoms with Gasteiger partial charge in [0, 0.05) is 19.0 Å². The molecule has 1 aliphatic rings. The van der Waals surface area contributed by atoms with E-state index in [4.69, 9.17) is 10.6 Å². The smallest absolute Gasteiger partial charge is 0.0823 e. The second-order valence-electron chi connectivity index (χ2n) is 4.90. The molecule has 1 aromatic heterocycles. The lowest BCUT2D eigenvalue weighted by atomic mass is 9.85. The Morgan fingerprint density at radius 1 is 1.47 bits per heavy atom. The number of hydrogen-bond acceptors (Lipinski definition) is 4. The van der Waals surface area contributed by atoms with Crippen molar-refractivity contribution in [1.82, 2.24) is 10.4 Å². The van der Waals surface area contributed by atoms with Crippen molar-refractivity contribution in [1.29, 1.82) is 0 Å². The van der Waals surface area contributed by atoms with E-state index in [0.717, 1.165) is 25.9 Å². The second-order valence-corrected chi connectivity index (χ2v) is 4.90. The molecule has 0 amide bonds. The number of nitrogens with two attached hydrogens (primary N) is 1. The van der Waals surface area contributed by atoms with Gasteiger partial charge < -0.3 is 4.74 Å². The Bertz CT molecular complexity index is 336. The van der Waals surface area contributed by atoms with Crippen molar-refractivity contribution in [2.75, 3.05) is 6.61 Å². The van der Waals surface area contributed by atoms with Crippen LogP contribution in [0, 0.1) is 0 Å². The summed E-state index contributed by atoms with van der Waals surface area (Å²) < 4.78 is 5.93. The fraction of sp³-hybridized carbons (Fsp3) is 0.615. The van der Waals surface area contributed by atoms with Crippen molar-refractivity contribution in [2.24, 2.45) is 5.84 Å². The highest BCUT2D eigenvalue weighted by atomic mass is 16.5. The predicted molar refractivity (Wildman–Crippen MR) is 67.3 cm³/mol. The maximum absolute atomic E-state index is 5.93. The van der Waals surface area contributed by atoms with E-state index >= 15 is 0 Å². The maximum Gasteiger partial charge on any atom is 0.0823 e. The minimum atomic E-state index is -0.156. The molecule has 3 N–H and O–H groups in total. The van der Waals surface area contributed by atoms with Crippen molar-refractivity contribution < 1.29 is 4.74 Å². The summed E-state index contributed by atoms with van der Waals surface area (Å²) in [6.07, 6.45) is 7.93. The Kier molecular flexibility index (Phi) is 4.10. The Morgan fingerprint density at radius 2 is 2.24 bits per heavy atom. The summed E-state index contributed by atoms with van der Waals surface area (Å²) in [5.74, 6) is 5.69. The van der Waals surface area contributed by atoms with Gasteiger partial charge in [-0.1, -0.05) is 0 Å². The van der Waals surface area contributed by atoms with Crippen LogP contribution in [-0.2, 0) is 11.2 Å². The predicted octanol–water partition coefficient (Wildman–Crippen LogP) is 1.42. The minimum absolute atomic E-state index is 0.144. The largest absolute Gasteiger partial charge is 0.374 e. The van der Waals surface area contributed by atoms with Crippen LogP contribution in [0.2, 0.25) is 0 Å². The molecule has 1 fully saturated rings. The van der Waals surface area contributed by atoms with Crippen LogP contribution in [-0.4, -0.2) is 23.2 Å². The summed E-state index contributed by atoms with van der Waals surface area (Å²) in [6, 6.07) is 4.19. The van der Waals surface area contributed by atoms with Gasteiger partial charge in [-0.15, -0.1) is 0 Å². The Morgan fingerprint density at radius 3 is 2.82 bits per heavy atom. The van der Waals surface area contributed by atoms with Gasteiger partial charge in [-0.25, -0.2) is 0 Å². The van der Waals surface area contributed by atoms with Crippen LogP contribution in [0.5, 0.6) is 0 Å². The fourth-order valence-electron chi connectivity index (χ4n) is 2.44. The third kappa shape index (κ3) is 3.03. The van der Waals surface area contributed by atoms with Crippen LogP contribution >= 0.6 is 0 Å². The molecule has 1 aromatic rings. The van der Waals surface area contributed by atoms with E-state index in [0.29, 0.717) is 0 Å². The van der Waals surface area contributed by atoms with E-state index in [1.165, 1.54) is 12.0 Å². The van der Waals surface area contributed by atoms with Crippen LogP contribution in [0.1, 0.15) is 31.7 Å². The Labute approximate surface area is 103 Å². The molecule has 2 heterocycles. The molecular weight excluding hydrogens is 214 g/mol. The molecule has 0 bridgehead atoms. The molecular formula is C13H21N3O. The van der Waals surface area contributed by atoms with Crippen molar-refractivity contribution >= 4 is 0 Å². The van der Waals surface area contributed by atoms with E-state index < -0.39 is 0 Å². The summed E-state index contributed by atoms with van der Waals surface area (Å²) in [6.45, 7) is 2.99. The van der Waals surface area contributed by atoms with E-state index in [2.05, 4.69) is 17.3 Å². The molecule has 4 nitrogen and oxygen atoms in total. The van der Waals surface area contributed by atoms with Crippen LogP contribution in [0.15, 0.2) is 24.5 Å². The van der Waals surface area contributed by atoms with Crippen molar-refractivity contribution in [3.05, 3.63) is 30.1 Å². The van der Waals surface area contributed by atoms with Crippen LogP contribution in [0.4, 0.5) is 0 Å². The van der Waals surface area contributed by atoms with Crippen LogP contribution in [0.25, 0.3) is 0 Å². The van der Waals surface area contributed by atoms with Gasteiger partial charge in [0.25, 0.3) is 0 Å². The van der Waals surface area contributed by atoms with Crippen molar-refractivity contribution in [2.45, 2.75) is 44.2 Å². The summed E-state index contributed by atoms with van der Waals surface area (Å²) >= 11 is 0. The number of ether oxygens (including phenoxy) is 1. The number of hydrazine groups is 1. The lowest BCUT2D eigenvalue weighted by Gasteiger charge is -2.40. The van der Waals surface area contributed by atoms with E-state index in [1.54, 1.807) is 0 Å². The number of aromatic nitrogens is 1. The maximum atomic E-state index is 5.93. The summed E-state index contributed by atoms with van der Waals surface area (Å²) in [5.41, 5.74) is 3.99. The fourth-order valence-corrected chi connectivity index (χ4v) is 2.44. The zero-order chi connectivity index (χ0) is 12.1. The van der Waals surface area contributed by atoms with Crippen molar-refractivity contribution in [3.8, 4) is 0 Å². The lowest BCUT2D eigenvalue weighted by molar-refractivity contribution is -0.0884. The van der Waals surface area contributed by atoms with Gasteiger partial charge in [0.1, 0.15) is 0 Å². The number of pyridine rings is 1. The standard InChI is InChI=1S/C13H21N3O/c1-13(6-2-3-9-17-13)12(16-14)10-11-4-7-15-8-5-11/h4-5,7-8,12,16H,2-3,6,9-10,14H2,1H3. The normalized spacial score (nSPS) is 26.7. The highest BCUT2D eigenvalue weighted by Gasteiger charge is 2.36. The topological polar surface area (TPSA) is 60.2 Å². The molecule has 0 radical (unpaired) electrons. The highest BCUT2D eigenvalue weighted by molar-refractivity contribution is 5.13. The van der Waals surface area contributed by atoms with E-state index in [1.807, 2.05) is 24.5 Å². The molecule has 0 aromatic carbocycles. The van der Waals surface area contributed by atoms with Crippen LogP contribution in [0.3, 0.4) is 0 Å². The average Bonchev–Trinajstić information content (AvgIpc) is 2.38. The van der Waals surface area contributed by atoms with Crippen LogP contribution < -0.4 is 11.3 Å². The van der Waals surface area contributed by atoms with E-state index in [-0.39, 0.29) is 11.6 Å². The SMILES string of the molecule is CC1(C(Cc2ccncc2)NN)CCCCO1. The second kappa shape index (κ2) is 5.58. The lowest BCUT2D eigenvalue weighted by Crippen LogP contribution is -2.55. The monoisotopic (exact) mass is 235 g/mol. The zero-order valence-electron chi connectivity index (χ0n) is 10.4. The van der Waals surface area contributed by atoms with Gasteiger partial charge in [0.05, 0.1) is 11.6 Å². The first-order valence-corrected chi connectivity index (χ1v) is 6.23. The van der Waals surface area contributed by atoms with Gasteiger partial charge in [0.2, 0.25) is 0 Å². The molecule has 94 valence electrons. The molecule has 17 heavy (non-hydrogen) atoms. The zero-order valence-corrected chi connectivity index (χ0v) is 10.4. The number of hydrogen-bond donors (Lipinski definition) is 2. The Hall–Kier alpha value is -0.970. The molecule has 1 aliphatic heterocycles. The molecule has 1 saturated heterocycles. The first-order chi connectivity index (χ1) is 8.24. The van der Waals surface area contributed by atoms with Gasteiger partial charge >= 0.3 is 0 Å². The molecule has 2 unspecified atom stereocenters. The molecule has 4 heteroatoms. The summed E-state index contributed by atoms with van der Waals surface area (Å²) in [7, 11) is 0. The highest BCUT2D eigenvalue weighted by Crippen LogP contribution is 2.29. The Balaban J connectivity index is 2.05. The van der Waals surface area contributed by atoms with Gasteiger partial charge in [-0.2, -0.15) is 0 Å². The average molecular weight is 235 g/mol. The molecule has 0 aliphatic carbocycles. The minimum Gasteiger partial charge on any atom is -0.374 e. The van der Waals surface area contributed by atoms with Gasteiger partial charge in [-0.05, 0) is 50.3 Å². The molecule has 2 rings (SSSR count). The quantitative estimate of drug-likeness (QED) is 0.612. The van der Waals surface area contributed by atoms with Crippen molar-refractivity contribution in [3.63, 3.8) is 0 Å². The number of nitrogens with one attached hydrogen (secondary N) is 1. The number of rotatable bonds is 4. The van der Waals surface area contributed by atoms with Gasteiger partial charge in [-0.3, -0.25) is 16.3 Å². The first kappa shape index (κ1) is 12.5. The molecule has 0 spiro atoms. The molecule has 0 saturated carbocycles. The first-order valence-electron chi connectivity index (χ1n) is 6.23.